The van der Waals surface area contributed by atoms with Crippen molar-refractivity contribution < 1.29 is 19.1 Å². The molecule has 0 radical (unpaired) electrons. The van der Waals surface area contributed by atoms with Crippen LogP contribution in [0.5, 0.6) is 11.5 Å². The van der Waals surface area contributed by atoms with Crippen LogP contribution in [0.3, 0.4) is 0 Å². The van der Waals surface area contributed by atoms with Crippen LogP contribution in [0.25, 0.3) is 6.08 Å². The van der Waals surface area contributed by atoms with E-state index in [-0.39, 0.29) is 23.8 Å². The third-order valence-corrected chi connectivity index (χ3v) is 5.16. The SMILES string of the molecule is COc1cccc(/C=C2/SC(=O)N(Cc3ccc(Cl)cc3)C2=O)c1OC(C)C. The van der Waals surface area contributed by atoms with Crippen LogP contribution < -0.4 is 9.47 Å². The number of hydrogen-bond acceptors (Lipinski definition) is 5. The Kier molecular flexibility index (Phi) is 6.31. The van der Waals surface area contributed by atoms with Crippen LogP contribution in [-0.4, -0.2) is 29.3 Å². The normalized spacial score (nSPS) is 15.6. The van der Waals surface area contributed by atoms with E-state index < -0.39 is 0 Å². The van der Waals surface area contributed by atoms with Crippen molar-refractivity contribution in [3.63, 3.8) is 0 Å². The number of hydrogen-bond donors (Lipinski definition) is 0. The fourth-order valence-electron chi connectivity index (χ4n) is 2.72. The second kappa shape index (κ2) is 8.71. The number of nitrogens with zero attached hydrogens (tertiary/aromatic N) is 1. The molecular weight excluding hydrogens is 398 g/mol. The van der Waals surface area contributed by atoms with Crippen LogP contribution in [0.4, 0.5) is 4.79 Å². The molecule has 5 nitrogen and oxygen atoms in total. The lowest BCUT2D eigenvalue weighted by Gasteiger charge is -2.16. The van der Waals surface area contributed by atoms with Gasteiger partial charge in [0.15, 0.2) is 11.5 Å². The van der Waals surface area contributed by atoms with Gasteiger partial charge in [-0.2, -0.15) is 0 Å². The zero-order chi connectivity index (χ0) is 20.3. The third-order valence-electron chi connectivity index (χ3n) is 4.00. The molecule has 0 atom stereocenters. The molecule has 0 N–H and O–H groups in total. The number of para-hydroxylation sites is 1. The monoisotopic (exact) mass is 417 g/mol. The highest BCUT2D eigenvalue weighted by Crippen LogP contribution is 2.38. The van der Waals surface area contributed by atoms with Gasteiger partial charge in [0.2, 0.25) is 0 Å². The molecular formula is C21H20ClNO4S. The van der Waals surface area contributed by atoms with E-state index in [4.69, 9.17) is 21.1 Å². The zero-order valence-electron chi connectivity index (χ0n) is 15.8. The Hall–Kier alpha value is -2.44. The van der Waals surface area contributed by atoms with Crippen molar-refractivity contribution in [3.8, 4) is 11.5 Å². The first-order chi connectivity index (χ1) is 13.4. The molecule has 1 aliphatic heterocycles. The predicted molar refractivity (Wildman–Crippen MR) is 112 cm³/mol. The summed E-state index contributed by atoms with van der Waals surface area (Å²) >= 11 is 6.81. The van der Waals surface area contributed by atoms with Gasteiger partial charge in [-0.1, -0.05) is 35.9 Å². The lowest BCUT2D eigenvalue weighted by Crippen LogP contribution is -2.27. The average molecular weight is 418 g/mol. The molecule has 2 aromatic rings. The minimum Gasteiger partial charge on any atom is -0.493 e. The Morgan fingerprint density at radius 2 is 1.86 bits per heavy atom. The number of halogens is 1. The summed E-state index contributed by atoms with van der Waals surface area (Å²) in [5.74, 6) is 0.788. The number of methoxy groups -OCH3 is 1. The summed E-state index contributed by atoms with van der Waals surface area (Å²) in [5, 5.41) is 0.300. The molecule has 3 rings (SSSR count). The largest absolute Gasteiger partial charge is 0.493 e. The second-order valence-corrected chi connectivity index (χ2v) is 7.87. The Morgan fingerprint density at radius 3 is 2.50 bits per heavy atom. The minimum absolute atomic E-state index is 0.0663. The maximum absolute atomic E-state index is 12.8. The van der Waals surface area contributed by atoms with Gasteiger partial charge in [0.05, 0.1) is 24.7 Å². The molecule has 1 fully saturated rings. The molecule has 1 saturated heterocycles. The van der Waals surface area contributed by atoms with Crippen LogP contribution in [-0.2, 0) is 11.3 Å². The molecule has 1 heterocycles. The van der Waals surface area contributed by atoms with Crippen molar-refractivity contribution in [2.24, 2.45) is 0 Å². The Labute approximate surface area is 173 Å². The van der Waals surface area contributed by atoms with Crippen molar-refractivity contribution in [1.29, 1.82) is 0 Å². The summed E-state index contributed by atoms with van der Waals surface area (Å²) in [5.41, 5.74) is 1.52. The van der Waals surface area contributed by atoms with Crippen LogP contribution in [0.1, 0.15) is 25.0 Å². The lowest BCUT2D eigenvalue weighted by atomic mass is 10.1. The highest BCUT2D eigenvalue weighted by atomic mass is 35.5. The number of benzene rings is 2. The quantitative estimate of drug-likeness (QED) is 0.591. The molecule has 7 heteroatoms. The van der Waals surface area contributed by atoms with E-state index in [0.717, 1.165) is 17.3 Å². The topological polar surface area (TPSA) is 55.8 Å². The van der Waals surface area contributed by atoms with Gasteiger partial charge in [0, 0.05) is 10.6 Å². The first-order valence-corrected chi connectivity index (χ1v) is 9.92. The van der Waals surface area contributed by atoms with Gasteiger partial charge < -0.3 is 9.47 Å². The Bertz CT molecular complexity index is 925. The number of thioether (sulfide) groups is 1. The first-order valence-electron chi connectivity index (χ1n) is 8.72. The fraction of sp³-hybridized carbons (Fsp3) is 0.238. The third kappa shape index (κ3) is 4.51. The van der Waals surface area contributed by atoms with E-state index in [9.17, 15) is 9.59 Å². The molecule has 0 bridgehead atoms. The first kappa shape index (κ1) is 20.3. The van der Waals surface area contributed by atoms with Crippen molar-refractivity contribution in [3.05, 3.63) is 63.5 Å². The van der Waals surface area contributed by atoms with Crippen LogP contribution in [0.2, 0.25) is 5.02 Å². The van der Waals surface area contributed by atoms with Gasteiger partial charge in [-0.15, -0.1) is 0 Å². The number of rotatable bonds is 6. The maximum atomic E-state index is 12.8. The highest BCUT2D eigenvalue weighted by molar-refractivity contribution is 8.18. The summed E-state index contributed by atoms with van der Waals surface area (Å²) < 4.78 is 11.2. The maximum Gasteiger partial charge on any atom is 0.293 e. The van der Waals surface area contributed by atoms with E-state index in [2.05, 4.69) is 0 Å². The van der Waals surface area contributed by atoms with Crippen molar-refractivity contribution in [1.82, 2.24) is 4.90 Å². The van der Waals surface area contributed by atoms with Crippen molar-refractivity contribution in [2.45, 2.75) is 26.5 Å². The number of ether oxygens (including phenoxy) is 2. The van der Waals surface area contributed by atoms with E-state index in [1.54, 1.807) is 43.5 Å². The Balaban J connectivity index is 1.88. The number of amides is 2. The molecule has 0 aliphatic carbocycles. The van der Waals surface area contributed by atoms with Gasteiger partial charge >= 0.3 is 0 Å². The van der Waals surface area contributed by atoms with E-state index in [0.29, 0.717) is 27.0 Å². The standard InChI is InChI=1S/C21H20ClNO4S/c1-13(2)27-19-15(5-4-6-17(19)26-3)11-18-20(24)23(21(25)28-18)12-14-7-9-16(22)10-8-14/h4-11,13H,12H2,1-3H3/b18-11+. The molecule has 146 valence electrons. The highest BCUT2D eigenvalue weighted by Gasteiger charge is 2.35. The van der Waals surface area contributed by atoms with Crippen LogP contribution >= 0.6 is 23.4 Å². The Morgan fingerprint density at radius 1 is 1.14 bits per heavy atom. The molecule has 0 aromatic heterocycles. The van der Waals surface area contributed by atoms with E-state index >= 15 is 0 Å². The van der Waals surface area contributed by atoms with Gasteiger partial charge in [-0.3, -0.25) is 14.5 Å². The van der Waals surface area contributed by atoms with E-state index in [1.165, 1.54) is 4.90 Å². The zero-order valence-corrected chi connectivity index (χ0v) is 17.3. The molecule has 0 unspecified atom stereocenters. The molecule has 1 aliphatic rings. The van der Waals surface area contributed by atoms with Crippen molar-refractivity contribution >= 4 is 40.6 Å². The van der Waals surface area contributed by atoms with Gasteiger partial charge in [-0.05, 0) is 55.4 Å². The fourth-order valence-corrected chi connectivity index (χ4v) is 3.67. The summed E-state index contributed by atoms with van der Waals surface area (Å²) in [6.07, 6.45) is 1.61. The predicted octanol–water partition coefficient (Wildman–Crippen LogP) is 5.37. The molecule has 0 saturated carbocycles. The van der Waals surface area contributed by atoms with Gasteiger partial charge in [0.1, 0.15) is 0 Å². The molecule has 28 heavy (non-hydrogen) atoms. The van der Waals surface area contributed by atoms with Crippen molar-refractivity contribution in [2.75, 3.05) is 7.11 Å². The summed E-state index contributed by atoms with van der Waals surface area (Å²) in [4.78, 5) is 26.8. The molecule has 0 spiro atoms. The smallest absolute Gasteiger partial charge is 0.293 e. The number of carbonyl (C=O) groups is 2. The molecule has 2 aromatic carbocycles. The minimum atomic E-state index is -0.330. The molecule has 2 amide bonds. The van der Waals surface area contributed by atoms with Crippen LogP contribution in [0, 0.1) is 0 Å². The summed E-state index contributed by atoms with van der Waals surface area (Å²) in [6, 6.07) is 12.5. The second-order valence-electron chi connectivity index (χ2n) is 6.44. The summed E-state index contributed by atoms with van der Waals surface area (Å²) in [6.45, 7) is 4.03. The summed E-state index contributed by atoms with van der Waals surface area (Å²) in [7, 11) is 1.56. The average Bonchev–Trinajstić information content (AvgIpc) is 2.92. The van der Waals surface area contributed by atoms with Crippen LogP contribution in [0.15, 0.2) is 47.4 Å². The number of carbonyl (C=O) groups excluding carboxylic acids is 2. The van der Waals surface area contributed by atoms with E-state index in [1.807, 2.05) is 26.0 Å². The van der Waals surface area contributed by atoms with Gasteiger partial charge in [0.25, 0.3) is 11.1 Å². The number of imide groups is 1. The van der Waals surface area contributed by atoms with Gasteiger partial charge in [-0.25, -0.2) is 0 Å². The lowest BCUT2D eigenvalue weighted by molar-refractivity contribution is -0.123.